The normalized spacial score (nSPS) is 14.6. The first-order valence-corrected chi connectivity index (χ1v) is 12.9. The lowest BCUT2D eigenvalue weighted by Crippen LogP contribution is -2.31. The van der Waals surface area contributed by atoms with Crippen LogP contribution in [0.3, 0.4) is 0 Å². The van der Waals surface area contributed by atoms with Gasteiger partial charge in [0.1, 0.15) is 11.3 Å². The molecule has 0 saturated heterocycles. The van der Waals surface area contributed by atoms with Gasteiger partial charge in [-0.15, -0.1) is 0 Å². The molecule has 4 aromatic rings. The first-order valence-electron chi connectivity index (χ1n) is 12.9. The summed E-state index contributed by atoms with van der Waals surface area (Å²) in [4.78, 5) is 29.1. The second-order valence-corrected chi connectivity index (χ2v) is 9.28. The zero-order valence-corrected chi connectivity index (χ0v) is 21.9. The molecule has 0 fully saturated rings. The molecule has 0 bridgehead atoms. The summed E-state index contributed by atoms with van der Waals surface area (Å²) in [6.45, 7) is 3.15. The third kappa shape index (κ3) is 4.72. The number of rotatable bonds is 10. The lowest BCUT2D eigenvalue weighted by Gasteiger charge is -2.25. The zero-order valence-electron chi connectivity index (χ0n) is 21.9. The molecule has 196 valence electrons. The topological polar surface area (TPSA) is 78.2 Å². The van der Waals surface area contributed by atoms with E-state index in [1.807, 2.05) is 42.5 Å². The highest BCUT2D eigenvalue weighted by atomic mass is 16.5. The minimum atomic E-state index is -0.566. The minimum absolute atomic E-state index is 0.106. The molecular formula is C31H31NO6. The number of fused-ring (bicyclic) bond motifs is 2. The summed E-state index contributed by atoms with van der Waals surface area (Å²) in [5, 5.41) is 0.463. The molecule has 1 aliphatic rings. The van der Waals surface area contributed by atoms with Crippen LogP contribution >= 0.6 is 0 Å². The van der Waals surface area contributed by atoms with Crippen molar-refractivity contribution >= 4 is 16.9 Å². The molecule has 7 nitrogen and oxygen atoms in total. The number of nitrogens with zero attached hydrogens (tertiary/aromatic N) is 1. The molecule has 2 heterocycles. The van der Waals surface area contributed by atoms with Gasteiger partial charge in [-0.1, -0.05) is 43.7 Å². The number of hydrogen-bond donors (Lipinski definition) is 0. The molecule has 5 rings (SSSR count). The first-order chi connectivity index (χ1) is 18.5. The monoisotopic (exact) mass is 513 g/mol. The molecule has 1 amide bonds. The van der Waals surface area contributed by atoms with Gasteiger partial charge >= 0.3 is 0 Å². The van der Waals surface area contributed by atoms with Crippen molar-refractivity contribution in [2.24, 2.45) is 0 Å². The highest BCUT2D eigenvalue weighted by molar-refractivity contribution is 5.99. The minimum Gasteiger partial charge on any atom is -0.494 e. The average molecular weight is 514 g/mol. The summed E-state index contributed by atoms with van der Waals surface area (Å²) in [5.41, 5.74) is 2.41. The van der Waals surface area contributed by atoms with Crippen LogP contribution in [0.5, 0.6) is 17.2 Å². The van der Waals surface area contributed by atoms with Gasteiger partial charge in [0.05, 0.1) is 37.8 Å². The Hall–Kier alpha value is -4.26. The second-order valence-electron chi connectivity index (χ2n) is 9.28. The van der Waals surface area contributed by atoms with Crippen molar-refractivity contribution in [2.75, 3.05) is 27.4 Å². The van der Waals surface area contributed by atoms with E-state index in [0.717, 1.165) is 29.7 Å². The van der Waals surface area contributed by atoms with Gasteiger partial charge in [0.25, 0.3) is 5.91 Å². The molecule has 38 heavy (non-hydrogen) atoms. The van der Waals surface area contributed by atoms with E-state index in [9.17, 15) is 9.59 Å². The quantitative estimate of drug-likeness (QED) is 0.250. The van der Waals surface area contributed by atoms with Crippen LogP contribution in [0.2, 0.25) is 0 Å². The van der Waals surface area contributed by atoms with E-state index < -0.39 is 6.04 Å². The molecule has 7 heteroatoms. The Morgan fingerprint density at radius 1 is 0.921 bits per heavy atom. The van der Waals surface area contributed by atoms with Crippen molar-refractivity contribution in [2.45, 2.75) is 32.2 Å². The number of carbonyl (C=O) groups is 1. The summed E-state index contributed by atoms with van der Waals surface area (Å²) in [7, 11) is 3.19. The SMILES string of the molecule is CCCCOc1ccc(C2c3c(oc4ccccc4c3=O)C(=O)N2CCc2ccc(OC)c(OC)c2)cc1. The summed E-state index contributed by atoms with van der Waals surface area (Å²) < 4.78 is 22.7. The van der Waals surface area contributed by atoms with Crippen molar-refractivity contribution in [3.05, 3.63) is 99.4 Å². The molecular weight excluding hydrogens is 482 g/mol. The Balaban J connectivity index is 1.52. The van der Waals surface area contributed by atoms with E-state index >= 15 is 0 Å². The third-order valence-electron chi connectivity index (χ3n) is 6.92. The summed E-state index contributed by atoms with van der Waals surface area (Å²) in [5.74, 6) is 1.83. The molecule has 0 radical (unpaired) electrons. The first kappa shape index (κ1) is 25.4. The van der Waals surface area contributed by atoms with Crippen LogP contribution in [0.15, 0.2) is 75.9 Å². The van der Waals surface area contributed by atoms with Gasteiger partial charge in [0.15, 0.2) is 16.9 Å². The fraction of sp³-hybridized carbons (Fsp3) is 0.290. The molecule has 3 aromatic carbocycles. The number of benzene rings is 3. The predicted molar refractivity (Wildman–Crippen MR) is 145 cm³/mol. The Labute approximate surface area is 221 Å². The summed E-state index contributed by atoms with van der Waals surface area (Å²) in [6.07, 6.45) is 2.59. The lowest BCUT2D eigenvalue weighted by atomic mass is 9.98. The number of hydrogen-bond acceptors (Lipinski definition) is 6. The molecule has 0 aliphatic carbocycles. The largest absolute Gasteiger partial charge is 0.494 e. The van der Waals surface area contributed by atoms with Crippen LogP contribution in [0.25, 0.3) is 11.0 Å². The molecule has 0 N–H and O–H groups in total. The van der Waals surface area contributed by atoms with E-state index in [1.165, 1.54) is 0 Å². The third-order valence-corrected chi connectivity index (χ3v) is 6.92. The van der Waals surface area contributed by atoms with Gasteiger partial charge in [-0.3, -0.25) is 9.59 Å². The molecule has 1 aliphatic heterocycles. The van der Waals surface area contributed by atoms with Crippen LogP contribution in [0, 0.1) is 0 Å². The number of amides is 1. The second kappa shape index (κ2) is 11.0. The average Bonchev–Trinajstić information content (AvgIpc) is 3.23. The van der Waals surface area contributed by atoms with E-state index in [2.05, 4.69) is 6.92 Å². The van der Waals surface area contributed by atoms with Crippen molar-refractivity contribution in [3.8, 4) is 17.2 Å². The van der Waals surface area contributed by atoms with Gasteiger partial charge in [0.2, 0.25) is 5.76 Å². The Kier molecular flexibility index (Phi) is 7.36. The maximum absolute atomic E-state index is 13.7. The highest BCUT2D eigenvalue weighted by Gasteiger charge is 2.42. The molecule has 0 saturated carbocycles. The van der Waals surface area contributed by atoms with E-state index in [-0.39, 0.29) is 17.1 Å². The highest BCUT2D eigenvalue weighted by Crippen LogP contribution is 2.39. The van der Waals surface area contributed by atoms with E-state index in [0.29, 0.717) is 47.6 Å². The Morgan fingerprint density at radius 2 is 1.68 bits per heavy atom. The van der Waals surface area contributed by atoms with Gasteiger partial charge in [-0.25, -0.2) is 0 Å². The molecule has 1 aromatic heterocycles. The van der Waals surface area contributed by atoms with E-state index in [4.69, 9.17) is 18.6 Å². The zero-order chi connectivity index (χ0) is 26.6. The predicted octanol–water partition coefficient (Wildman–Crippen LogP) is 5.78. The van der Waals surface area contributed by atoms with Crippen LogP contribution in [0.4, 0.5) is 0 Å². The molecule has 1 atom stereocenters. The van der Waals surface area contributed by atoms with Gasteiger partial charge in [-0.2, -0.15) is 0 Å². The van der Waals surface area contributed by atoms with E-state index in [1.54, 1.807) is 43.4 Å². The molecule has 0 spiro atoms. The maximum Gasteiger partial charge on any atom is 0.290 e. The number of carbonyl (C=O) groups excluding carboxylic acids is 1. The standard InChI is InChI=1S/C31H31NO6/c1-4-5-18-37-22-13-11-21(12-14-22)28-27-29(33)23-8-6-7-9-24(23)38-30(27)31(34)32(28)17-16-20-10-15-25(35-2)26(19-20)36-3/h6-15,19,28H,4-5,16-18H2,1-3H3. The number of methoxy groups -OCH3 is 2. The Morgan fingerprint density at radius 3 is 2.42 bits per heavy atom. The van der Waals surface area contributed by atoms with Crippen molar-refractivity contribution in [3.63, 3.8) is 0 Å². The van der Waals surface area contributed by atoms with Crippen LogP contribution < -0.4 is 19.6 Å². The maximum atomic E-state index is 13.7. The number of unbranched alkanes of at least 4 members (excludes halogenated alkanes) is 1. The number of para-hydroxylation sites is 1. The molecule has 1 unspecified atom stereocenters. The fourth-order valence-electron chi connectivity index (χ4n) is 4.91. The van der Waals surface area contributed by atoms with Crippen LogP contribution in [-0.4, -0.2) is 38.2 Å². The van der Waals surface area contributed by atoms with Crippen molar-refractivity contribution in [1.82, 2.24) is 4.90 Å². The van der Waals surface area contributed by atoms with Gasteiger partial charge in [0, 0.05) is 6.54 Å². The van der Waals surface area contributed by atoms with Crippen LogP contribution in [-0.2, 0) is 6.42 Å². The summed E-state index contributed by atoms with van der Waals surface area (Å²) in [6, 6.07) is 19.8. The van der Waals surface area contributed by atoms with Gasteiger partial charge in [-0.05, 0) is 60.4 Å². The van der Waals surface area contributed by atoms with Crippen molar-refractivity contribution < 1.29 is 23.4 Å². The van der Waals surface area contributed by atoms with Crippen LogP contribution in [0.1, 0.15) is 53.1 Å². The van der Waals surface area contributed by atoms with Gasteiger partial charge < -0.3 is 23.5 Å². The number of ether oxygens (including phenoxy) is 3. The lowest BCUT2D eigenvalue weighted by molar-refractivity contribution is 0.0730. The van der Waals surface area contributed by atoms with Crippen molar-refractivity contribution in [1.29, 1.82) is 0 Å². The fourth-order valence-corrected chi connectivity index (χ4v) is 4.91. The summed E-state index contributed by atoms with van der Waals surface area (Å²) >= 11 is 0. The Bertz CT molecular complexity index is 1510. The smallest absolute Gasteiger partial charge is 0.290 e.